The second-order valence-corrected chi connectivity index (χ2v) is 4.48. The number of rotatable bonds is 3. The summed E-state index contributed by atoms with van der Waals surface area (Å²) in [6, 6.07) is 0.429. The maximum absolute atomic E-state index is 11.9. The monoisotopic (exact) mass is 224 g/mol. The van der Waals surface area contributed by atoms with Gasteiger partial charge >= 0.3 is 6.30 Å². The number of alkyl halides is 3. The number of piperidine rings is 1. The van der Waals surface area contributed by atoms with E-state index < -0.39 is 6.30 Å². The van der Waals surface area contributed by atoms with Crippen molar-refractivity contribution in [2.45, 2.75) is 39.0 Å². The highest BCUT2D eigenvalue weighted by atomic mass is 19.4. The van der Waals surface area contributed by atoms with Crippen LogP contribution in [0.3, 0.4) is 0 Å². The van der Waals surface area contributed by atoms with Crippen LogP contribution in [0.1, 0.15) is 26.7 Å². The summed E-state index contributed by atoms with van der Waals surface area (Å²) in [4.78, 5) is 2.24. The van der Waals surface area contributed by atoms with Crippen molar-refractivity contribution >= 4 is 0 Å². The van der Waals surface area contributed by atoms with Gasteiger partial charge in [-0.3, -0.25) is 0 Å². The molecule has 0 aromatic heterocycles. The predicted molar refractivity (Wildman–Crippen MR) is 53.5 cm³/mol. The lowest BCUT2D eigenvalue weighted by molar-refractivity contribution is -0.159. The molecule has 5 heteroatoms. The van der Waals surface area contributed by atoms with E-state index in [2.05, 4.69) is 18.7 Å². The molecule has 1 fully saturated rings. The van der Waals surface area contributed by atoms with E-state index in [1.807, 2.05) is 0 Å². The molecule has 1 unspecified atom stereocenters. The summed E-state index contributed by atoms with van der Waals surface area (Å²) in [6.07, 6.45) is -2.34. The van der Waals surface area contributed by atoms with Crippen LogP contribution in [0.4, 0.5) is 13.2 Å². The average Bonchev–Trinajstić information content (AvgIpc) is 2.14. The summed E-state index contributed by atoms with van der Waals surface area (Å²) in [7, 11) is 0. The van der Waals surface area contributed by atoms with Crippen molar-refractivity contribution in [3.63, 3.8) is 0 Å². The van der Waals surface area contributed by atoms with Gasteiger partial charge in [0, 0.05) is 19.1 Å². The Balaban J connectivity index is 2.30. The van der Waals surface area contributed by atoms with E-state index in [1.54, 1.807) is 5.32 Å². The Bertz CT molecular complexity index is 192. The molecule has 1 rings (SSSR count). The Kier molecular flexibility index (Phi) is 4.40. The van der Waals surface area contributed by atoms with Crippen molar-refractivity contribution in [2.75, 3.05) is 19.6 Å². The molecule has 1 heterocycles. The summed E-state index contributed by atoms with van der Waals surface area (Å²) in [6.45, 7) is 6.01. The molecular weight excluding hydrogens is 205 g/mol. The van der Waals surface area contributed by atoms with Gasteiger partial charge in [-0.05, 0) is 39.2 Å². The number of nitrogens with zero attached hydrogens (tertiary/aromatic N) is 1. The smallest absolute Gasteiger partial charge is 0.301 e. The summed E-state index contributed by atoms with van der Waals surface area (Å²) >= 11 is 0. The van der Waals surface area contributed by atoms with Crippen LogP contribution in [0.25, 0.3) is 0 Å². The van der Waals surface area contributed by atoms with Gasteiger partial charge in [-0.2, -0.15) is 13.2 Å². The maximum atomic E-state index is 11.9. The van der Waals surface area contributed by atoms with Crippen LogP contribution < -0.4 is 5.32 Å². The highest BCUT2D eigenvalue weighted by Gasteiger charge is 2.29. The van der Waals surface area contributed by atoms with Gasteiger partial charge in [-0.25, -0.2) is 5.32 Å². The molecule has 0 aromatic carbocycles. The molecule has 0 aliphatic carbocycles. The minimum Gasteiger partial charge on any atom is -0.301 e. The number of likely N-dealkylation sites (tertiary alicyclic amines) is 1. The second-order valence-electron chi connectivity index (χ2n) is 4.48. The molecule has 0 radical (unpaired) electrons. The van der Waals surface area contributed by atoms with E-state index in [4.69, 9.17) is 0 Å². The topological polar surface area (TPSA) is 15.3 Å². The predicted octanol–water partition coefficient (Wildman–Crippen LogP) is 2.22. The van der Waals surface area contributed by atoms with E-state index in [0.29, 0.717) is 6.04 Å². The molecule has 0 bridgehead atoms. The summed E-state index contributed by atoms with van der Waals surface area (Å²) in [5, 5.41) is 1.62. The summed E-state index contributed by atoms with van der Waals surface area (Å²) < 4.78 is 35.8. The van der Waals surface area contributed by atoms with Crippen LogP contribution in [0.15, 0.2) is 0 Å². The van der Waals surface area contributed by atoms with Crippen LogP contribution in [0.5, 0.6) is 0 Å². The molecule has 1 aliphatic heterocycles. The third-order valence-corrected chi connectivity index (χ3v) is 2.87. The van der Waals surface area contributed by atoms with E-state index in [1.165, 1.54) is 0 Å². The van der Waals surface area contributed by atoms with Crippen LogP contribution in [0, 0.1) is 5.92 Å². The standard InChI is InChI=1S/C10H19F3N2/c1-8(2)15-5-3-4-9(7-15)6-14-10(11,12)13/h8-9,14H,3-7H2,1-2H3. The van der Waals surface area contributed by atoms with E-state index in [0.717, 1.165) is 25.9 Å². The van der Waals surface area contributed by atoms with Gasteiger partial charge in [0.25, 0.3) is 0 Å². The van der Waals surface area contributed by atoms with Crippen molar-refractivity contribution in [2.24, 2.45) is 5.92 Å². The molecule has 0 spiro atoms. The van der Waals surface area contributed by atoms with Crippen molar-refractivity contribution in [1.82, 2.24) is 10.2 Å². The number of halogens is 3. The number of hydrogen-bond acceptors (Lipinski definition) is 2. The van der Waals surface area contributed by atoms with Gasteiger partial charge in [0.05, 0.1) is 0 Å². The largest absolute Gasteiger partial charge is 0.457 e. The van der Waals surface area contributed by atoms with Crippen LogP contribution in [-0.4, -0.2) is 36.9 Å². The molecule has 1 saturated heterocycles. The third kappa shape index (κ3) is 4.84. The molecule has 2 nitrogen and oxygen atoms in total. The van der Waals surface area contributed by atoms with E-state index in [9.17, 15) is 13.2 Å². The normalized spacial score (nSPS) is 24.8. The fourth-order valence-corrected chi connectivity index (χ4v) is 1.99. The van der Waals surface area contributed by atoms with Crippen LogP contribution in [0.2, 0.25) is 0 Å². The molecule has 0 saturated carbocycles. The third-order valence-electron chi connectivity index (χ3n) is 2.87. The zero-order chi connectivity index (χ0) is 11.5. The van der Waals surface area contributed by atoms with Crippen LogP contribution in [-0.2, 0) is 0 Å². The summed E-state index contributed by atoms with van der Waals surface area (Å²) in [5.74, 6) is 0.128. The number of nitrogens with one attached hydrogen (secondary N) is 1. The van der Waals surface area contributed by atoms with Gasteiger partial charge in [-0.1, -0.05) is 0 Å². The molecule has 1 atom stereocenters. The molecule has 0 aromatic rings. The van der Waals surface area contributed by atoms with Gasteiger partial charge in [0.15, 0.2) is 0 Å². The molecular formula is C10H19F3N2. The molecule has 15 heavy (non-hydrogen) atoms. The number of hydrogen-bond donors (Lipinski definition) is 1. The van der Waals surface area contributed by atoms with Gasteiger partial charge in [0.1, 0.15) is 0 Å². The van der Waals surface area contributed by atoms with Gasteiger partial charge < -0.3 is 4.90 Å². The molecule has 1 aliphatic rings. The lowest BCUT2D eigenvalue weighted by Gasteiger charge is -2.35. The maximum Gasteiger partial charge on any atom is 0.457 e. The second kappa shape index (κ2) is 5.16. The quantitative estimate of drug-likeness (QED) is 0.739. The zero-order valence-corrected chi connectivity index (χ0v) is 9.27. The minimum absolute atomic E-state index is 0.0483. The van der Waals surface area contributed by atoms with Crippen LogP contribution >= 0.6 is 0 Å². The average molecular weight is 224 g/mol. The zero-order valence-electron chi connectivity index (χ0n) is 9.27. The fourth-order valence-electron chi connectivity index (χ4n) is 1.99. The Morgan fingerprint density at radius 1 is 1.40 bits per heavy atom. The first-order valence-electron chi connectivity index (χ1n) is 5.44. The van der Waals surface area contributed by atoms with Gasteiger partial charge in [0.2, 0.25) is 0 Å². The van der Waals surface area contributed by atoms with Crippen molar-refractivity contribution in [3.05, 3.63) is 0 Å². The van der Waals surface area contributed by atoms with Crippen molar-refractivity contribution < 1.29 is 13.2 Å². The van der Waals surface area contributed by atoms with E-state index >= 15 is 0 Å². The highest BCUT2D eigenvalue weighted by Crippen LogP contribution is 2.19. The van der Waals surface area contributed by atoms with Crippen molar-refractivity contribution in [3.8, 4) is 0 Å². The first kappa shape index (κ1) is 12.8. The first-order chi connectivity index (χ1) is 6.88. The first-order valence-corrected chi connectivity index (χ1v) is 5.44. The molecule has 90 valence electrons. The highest BCUT2D eigenvalue weighted by molar-refractivity contribution is 4.76. The Labute approximate surface area is 88.8 Å². The van der Waals surface area contributed by atoms with Crippen molar-refractivity contribution in [1.29, 1.82) is 0 Å². The van der Waals surface area contributed by atoms with E-state index in [-0.39, 0.29) is 12.5 Å². The molecule has 1 N–H and O–H groups in total. The Hall–Kier alpha value is -0.290. The fraction of sp³-hybridized carbons (Fsp3) is 1.00. The Morgan fingerprint density at radius 2 is 2.07 bits per heavy atom. The minimum atomic E-state index is -4.24. The molecule has 0 amide bonds. The summed E-state index contributed by atoms with van der Waals surface area (Å²) in [5.41, 5.74) is 0. The lowest BCUT2D eigenvalue weighted by atomic mass is 9.97. The lowest BCUT2D eigenvalue weighted by Crippen LogP contribution is -2.45. The Morgan fingerprint density at radius 3 is 2.60 bits per heavy atom. The van der Waals surface area contributed by atoms with Gasteiger partial charge in [-0.15, -0.1) is 0 Å². The SMILES string of the molecule is CC(C)N1CCCC(CNC(F)(F)F)C1.